The fourth-order valence-corrected chi connectivity index (χ4v) is 2.77. The molecule has 2 rings (SSSR count). The third kappa shape index (κ3) is 3.79. The van der Waals surface area contributed by atoms with Crippen molar-refractivity contribution in [2.75, 3.05) is 7.11 Å². The lowest BCUT2D eigenvalue weighted by atomic mass is 10.0. The summed E-state index contributed by atoms with van der Waals surface area (Å²) in [6, 6.07) is 6.33. The molecule has 0 bridgehead atoms. The second-order valence-electron chi connectivity index (χ2n) is 5.82. The number of aryl methyl sites for hydroxylation is 1. The molecule has 0 aliphatic carbocycles. The summed E-state index contributed by atoms with van der Waals surface area (Å²) in [5.74, 6) is -0.312. The predicted octanol–water partition coefficient (Wildman–Crippen LogP) is 3.27. The summed E-state index contributed by atoms with van der Waals surface area (Å²) in [4.78, 5) is 38.7. The van der Waals surface area contributed by atoms with E-state index in [0.717, 1.165) is 0 Å². The second-order valence-corrected chi connectivity index (χ2v) is 5.82. The van der Waals surface area contributed by atoms with E-state index in [1.807, 2.05) is 0 Å². The third-order valence-electron chi connectivity index (χ3n) is 3.99. The highest BCUT2D eigenvalue weighted by Gasteiger charge is 2.24. The van der Waals surface area contributed by atoms with Gasteiger partial charge in [0.25, 0.3) is 0 Å². The van der Waals surface area contributed by atoms with E-state index in [9.17, 15) is 14.4 Å². The molecule has 0 spiro atoms. The Balaban J connectivity index is 2.17. The van der Waals surface area contributed by atoms with Crippen LogP contribution in [0.5, 0.6) is 5.75 Å². The number of methoxy groups -OCH3 is 1. The molecule has 1 atom stereocenters. The van der Waals surface area contributed by atoms with Crippen LogP contribution in [0, 0.1) is 13.8 Å². The summed E-state index contributed by atoms with van der Waals surface area (Å²) in [6.45, 7) is 6.61. The lowest BCUT2D eigenvalue weighted by Crippen LogP contribution is -2.25. The minimum absolute atomic E-state index is 0.0859. The van der Waals surface area contributed by atoms with Crippen LogP contribution in [0.25, 0.3) is 0 Å². The van der Waals surface area contributed by atoms with Gasteiger partial charge in [-0.05, 0) is 57.5 Å². The number of nitrogens with one attached hydrogen (secondary N) is 1. The van der Waals surface area contributed by atoms with Gasteiger partial charge in [-0.2, -0.15) is 0 Å². The summed E-state index contributed by atoms with van der Waals surface area (Å²) in [5.41, 5.74) is 2.62. The van der Waals surface area contributed by atoms with Crippen molar-refractivity contribution in [2.45, 2.75) is 33.8 Å². The first-order chi connectivity index (χ1) is 11.8. The number of H-pyrrole nitrogens is 1. The van der Waals surface area contributed by atoms with E-state index in [0.29, 0.717) is 33.8 Å². The van der Waals surface area contributed by atoms with Gasteiger partial charge in [0.15, 0.2) is 11.9 Å². The van der Waals surface area contributed by atoms with Crippen molar-refractivity contribution >= 4 is 17.5 Å². The van der Waals surface area contributed by atoms with Crippen LogP contribution >= 0.6 is 0 Å². The van der Waals surface area contributed by atoms with E-state index in [2.05, 4.69) is 9.72 Å². The van der Waals surface area contributed by atoms with E-state index >= 15 is 0 Å². The van der Waals surface area contributed by atoms with Gasteiger partial charge in [0.05, 0.1) is 18.4 Å². The molecule has 0 radical (unpaired) electrons. The molecule has 0 aliphatic rings. The van der Waals surface area contributed by atoms with Gasteiger partial charge in [-0.15, -0.1) is 0 Å². The summed E-state index contributed by atoms with van der Waals surface area (Å²) in [7, 11) is 1.31. The Bertz CT molecular complexity index is 817. The molecule has 1 heterocycles. The molecule has 25 heavy (non-hydrogen) atoms. The predicted molar refractivity (Wildman–Crippen MR) is 92.5 cm³/mol. The highest BCUT2D eigenvalue weighted by molar-refractivity contribution is 6.04. The van der Waals surface area contributed by atoms with E-state index in [-0.39, 0.29) is 11.6 Å². The molecule has 6 heteroatoms. The number of ether oxygens (including phenoxy) is 2. The van der Waals surface area contributed by atoms with Crippen molar-refractivity contribution in [3.63, 3.8) is 0 Å². The van der Waals surface area contributed by atoms with Gasteiger partial charge in [0.2, 0.25) is 5.78 Å². The van der Waals surface area contributed by atoms with Gasteiger partial charge in [-0.25, -0.2) is 4.79 Å². The van der Waals surface area contributed by atoms with Crippen molar-refractivity contribution in [3.8, 4) is 5.75 Å². The van der Waals surface area contributed by atoms with Crippen LogP contribution in [0.3, 0.4) is 0 Å². The number of carbonyl (C=O) groups excluding carboxylic acids is 3. The Hall–Kier alpha value is -2.89. The smallest absolute Gasteiger partial charge is 0.337 e. The molecule has 6 nitrogen and oxygen atoms in total. The van der Waals surface area contributed by atoms with E-state index in [4.69, 9.17) is 4.74 Å². The number of benzene rings is 1. The van der Waals surface area contributed by atoms with Crippen LogP contribution in [0.4, 0.5) is 0 Å². The molecule has 1 aromatic heterocycles. The number of hydrogen-bond acceptors (Lipinski definition) is 5. The molecule has 0 unspecified atom stereocenters. The van der Waals surface area contributed by atoms with Gasteiger partial charge in [0, 0.05) is 11.3 Å². The number of Topliss-reactive ketones (excluding diaryl/α,β-unsaturated/α-hetero) is 2. The summed E-state index contributed by atoms with van der Waals surface area (Å²) in [6.07, 6.45) is -0.750. The molecule has 0 aliphatic heterocycles. The molecule has 0 saturated heterocycles. The molecular weight excluding hydrogens is 322 g/mol. The molecule has 132 valence electrons. The zero-order valence-electron chi connectivity index (χ0n) is 14.9. The number of esters is 1. The largest absolute Gasteiger partial charge is 0.483 e. The summed E-state index contributed by atoms with van der Waals surface area (Å²) in [5, 5.41) is 0. The number of aromatic amines is 1. The van der Waals surface area contributed by atoms with Crippen LogP contribution in [-0.4, -0.2) is 35.7 Å². The molecule has 0 saturated carbocycles. The lowest BCUT2D eigenvalue weighted by Gasteiger charge is -2.14. The first-order valence-corrected chi connectivity index (χ1v) is 7.85. The van der Waals surface area contributed by atoms with Crippen molar-refractivity contribution in [2.24, 2.45) is 0 Å². The quantitative estimate of drug-likeness (QED) is 0.643. The lowest BCUT2D eigenvalue weighted by molar-refractivity contribution is 0.0600. The van der Waals surface area contributed by atoms with Crippen LogP contribution < -0.4 is 4.74 Å². The summed E-state index contributed by atoms with van der Waals surface area (Å²) >= 11 is 0. The van der Waals surface area contributed by atoms with Crippen LogP contribution in [-0.2, 0) is 4.74 Å². The van der Waals surface area contributed by atoms with Crippen molar-refractivity contribution in [3.05, 3.63) is 52.3 Å². The molecule has 0 fully saturated rings. The van der Waals surface area contributed by atoms with Gasteiger partial charge in [0.1, 0.15) is 5.75 Å². The van der Waals surface area contributed by atoms with E-state index in [1.54, 1.807) is 45.0 Å². The first-order valence-electron chi connectivity index (χ1n) is 7.85. The van der Waals surface area contributed by atoms with Crippen LogP contribution in [0.15, 0.2) is 24.3 Å². The molecule has 1 N–H and O–H groups in total. The first kappa shape index (κ1) is 18.4. The Kier molecular flexibility index (Phi) is 5.41. The standard InChI is InChI=1S/C19H21NO5/c1-10-16(12(3)21)11(2)20-17(10)18(22)13(4)25-15-8-6-14(7-9-15)19(23)24-5/h6-9,13,20H,1-5H3/t13-/m1/s1. The van der Waals surface area contributed by atoms with Crippen LogP contribution in [0.1, 0.15) is 56.3 Å². The fraction of sp³-hybridized carbons (Fsp3) is 0.316. The molecule has 1 aromatic carbocycles. The van der Waals surface area contributed by atoms with Gasteiger partial charge < -0.3 is 14.5 Å². The number of carbonyl (C=O) groups is 3. The third-order valence-corrected chi connectivity index (χ3v) is 3.99. The highest BCUT2D eigenvalue weighted by Crippen LogP contribution is 2.22. The monoisotopic (exact) mass is 343 g/mol. The average Bonchev–Trinajstić information content (AvgIpc) is 2.88. The maximum atomic E-state index is 12.6. The Labute approximate surface area is 146 Å². The zero-order valence-corrected chi connectivity index (χ0v) is 14.9. The molecular formula is C19H21NO5. The van der Waals surface area contributed by atoms with E-state index in [1.165, 1.54) is 14.0 Å². The SMILES string of the molecule is COC(=O)c1ccc(O[C@H](C)C(=O)c2[nH]c(C)c(C(C)=O)c2C)cc1. The number of hydrogen-bond donors (Lipinski definition) is 1. The fourth-order valence-electron chi connectivity index (χ4n) is 2.77. The van der Waals surface area contributed by atoms with Crippen molar-refractivity contribution in [1.29, 1.82) is 0 Å². The van der Waals surface area contributed by atoms with E-state index < -0.39 is 12.1 Å². The zero-order chi connectivity index (χ0) is 18.7. The normalized spacial score (nSPS) is 11.7. The molecule has 0 amide bonds. The Morgan fingerprint density at radius 2 is 1.68 bits per heavy atom. The Morgan fingerprint density at radius 1 is 1.08 bits per heavy atom. The minimum atomic E-state index is -0.750. The van der Waals surface area contributed by atoms with Gasteiger partial charge in [-0.1, -0.05) is 0 Å². The van der Waals surface area contributed by atoms with Gasteiger partial charge in [-0.3, -0.25) is 9.59 Å². The van der Waals surface area contributed by atoms with Gasteiger partial charge >= 0.3 is 5.97 Å². The molecule has 2 aromatic rings. The maximum Gasteiger partial charge on any atom is 0.337 e. The minimum Gasteiger partial charge on any atom is -0.483 e. The average molecular weight is 343 g/mol. The number of rotatable bonds is 6. The Morgan fingerprint density at radius 3 is 2.16 bits per heavy atom. The van der Waals surface area contributed by atoms with Crippen molar-refractivity contribution in [1.82, 2.24) is 4.98 Å². The summed E-state index contributed by atoms with van der Waals surface area (Å²) < 4.78 is 10.3. The topological polar surface area (TPSA) is 85.5 Å². The maximum absolute atomic E-state index is 12.6. The second kappa shape index (κ2) is 7.34. The van der Waals surface area contributed by atoms with Crippen molar-refractivity contribution < 1.29 is 23.9 Å². The highest BCUT2D eigenvalue weighted by atomic mass is 16.5. The van der Waals surface area contributed by atoms with Crippen LogP contribution in [0.2, 0.25) is 0 Å². The number of ketones is 2. The number of aromatic nitrogens is 1.